The quantitative estimate of drug-likeness (QED) is 0.361. The number of nitrogens with one attached hydrogen (secondary N) is 1. The fourth-order valence-electron chi connectivity index (χ4n) is 4.34. The highest BCUT2D eigenvalue weighted by atomic mass is 19.4. The summed E-state index contributed by atoms with van der Waals surface area (Å²) in [6.07, 6.45) is -7.14. The number of hydrogen-bond acceptors (Lipinski definition) is 11. The molecule has 4 heterocycles. The van der Waals surface area contributed by atoms with Crippen LogP contribution in [0.5, 0.6) is 5.88 Å². The van der Waals surface area contributed by atoms with E-state index < -0.39 is 42.3 Å². The minimum atomic E-state index is -4.68. The Labute approximate surface area is 232 Å². The van der Waals surface area contributed by atoms with Crippen molar-refractivity contribution in [3.63, 3.8) is 0 Å². The number of benzene rings is 1. The molecule has 0 aliphatic carbocycles. The topological polar surface area (TPSA) is 152 Å². The maximum atomic E-state index is 12.9. The Hall–Kier alpha value is -4.08. The van der Waals surface area contributed by atoms with Crippen LogP contribution in [0.15, 0.2) is 54.9 Å². The molecule has 1 amide bonds. The molecule has 5 rings (SSSR count). The van der Waals surface area contributed by atoms with Crippen molar-refractivity contribution in [2.45, 2.75) is 43.1 Å². The van der Waals surface area contributed by atoms with Gasteiger partial charge in [-0.2, -0.15) is 18.3 Å². The summed E-state index contributed by atoms with van der Waals surface area (Å²) in [5.41, 5.74) is 0.394. The molecule has 1 aromatic carbocycles. The zero-order valence-electron chi connectivity index (χ0n) is 21.5. The highest BCUT2D eigenvalue weighted by Gasteiger charge is 2.40. The largest absolute Gasteiger partial charge is 0.474 e. The van der Waals surface area contributed by atoms with E-state index in [1.165, 1.54) is 0 Å². The first kappa shape index (κ1) is 28.4. The number of nitrogens with zero attached hydrogens (tertiary/aromatic N) is 5. The molecule has 0 bridgehead atoms. The molecular weight excluding hydrogens is 549 g/mol. The van der Waals surface area contributed by atoms with Crippen molar-refractivity contribution in [3.05, 3.63) is 71.8 Å². The van der Waals surface area contributed by atoms with Gasteiger partial charge in [0.15, 0.2) is 5.69 Å². The minimum absolute atomic E-state index is 0.00502. The number of halogens is 3. The van der Waals surface area contributed by atoms with Gasteiger partial charge in [-0.05, 0) is 11.6 Å². The van der Waals surface area contributed by atoms with Gasteiger partial charge in [-0.25, -0.2) is 9.78 Å². The Kier molecular flexibility index (Phi) is 8.46. The molecule has 15 heteroatoms. The summed E-state index contributed by atoms with van der Waals surface area (Å²) in [6.45, 7) is 0.798. The number of hydrogen-bond donors (Lipinski definition) is 3. The molecule has 4 atom stereocenters. The summed E-state index contributed by atoms with van der Waals surface area (Å²) in [7, 11) is 0. The number of rotatable bonds is 8. The molecular formula is C26H27F3N6O6. The number of carbonyl (C=O) groups is 1. The number of ether oxygens (including phenoxy) is 3. The van der Waals surface area contributed by atoms with E-state index in [0.717, 1.165) is 11.8 Å². The SMILES string of the molecule is O=C(OCc1ccccc1)N1CC(c2ccc(OC[C@H]3OC[C@H](Nc4cncc(C(F)(F)F)n4)[C@@H](O)[C@H]3O)nn2)C1. The second-order valence-electron chi connectivity index (χ2n) is 9.64. The van der Waals surface area contributed by atoms with E-state index in [1.807, 2.05) is 30.3 Å². The molecule has 41 heavy (non-hydrogen) atoms. The molecule has 12 nitrogen and oxygen atoms in total. The first-order chi connectivity index (χ1) is 19.7. The van der Waals surface area contributed by atoms with E-state index in [0.29, 0.717) is 25.0 Å². The Bertz CT molecular complexity index is 1310. The van der Waals surface area contributed by atoms with Crippen molar-refractivity contribution in [1.82, 2.24) is 25.1 Å². The van der Waals surface area contributed by atoms with Crippen molar-refractivity contribution < 1.29 is 42.4 Å². The lowest BCUT2D eigenvalue weighted by molar-refractivity contribution is -0.150. The molecule has 0 spiro atoms. The van der Waals surface area contributed by atoms with E-state index in [1.54, 1.807) is 17.0 Å². The van der Waals surface area contributed by atoms with Gasteiger partial charge in [-0.3, -0.25) is 4.98 Å². The van der Waals surface area contributed by atoms with Crippen LogP contribution in [0.2, 0.25) is 0 Å². The van der Waals surface area contributed by atoms with Crippen molar-refractivity contribution in [2.24, 2.45) is 0 Å². The lowest BCUT2D eigenvalue weighted by atomic mass is 9.97. The Morgan fingerprint density at radius 1 is 1.07 bits per heavy atom. The van der Waals surface area contributed by atoms with E-state index in [-0.39, 0.29) is 37.4 Å². The number of anilines is 1. The third-order valence-electron chi connectivity index (χ3n) is 6.71. The normalized spacial score (nSPS) is 23.0. The van der Waals surface area contributed by atoms with E-state index in [9.17, 15) is 28.2 Å². The molecule has 2 aromatic heterocycles. The number of aliphatic hydroxyl groups is 2. The maximum absolute atomic E-state index is 12.9. The minimum Gasteiger partial charge on any atom is -0.474 e. The van der Waals surface area contributed by atoms with Crippen molar-refractivity contribution in [1.29, 1.82) is 0 Å². The number of carbonyl (C=O) groups excluding carboxylic acids is 1. The standard InChI is InChI=1S/C26H27F3N6O6/c27-26(28,29)20-8-30-9-21(32-20)31-18-13-39-19(24(37)23(18)36)14-40-22-7-6-17(33-34-22)16-10-35(11-16)25(38)41-12-15-4-2-1-3-5-15/h1-9,16,18-19,23-24,36-37H,10-14H2,(H,31,32)/t18-,19+,23+,24-/m0/s1. The van der Waals surface area contributed by atoms with Crippen LogP contribution in [-0.2, 0) is 22.3 Å². The van der Waals surface area contributed by atoms with Crippen molar-refractivity contribution >= 4 is 11.9 Å². The zero-order chi connectivity index (χ0) is 29.0. The van der Waals surface area contributed by atoms with E-state index in [2.05, 4.69) is 25.5 Å². The van der Waals surface area contributed by atoms with Gasteiger partial charge in [0.25, 0.3) is 0 Å². The molecule has 2 aliphatic heterocycles. The summed E-state index contributed by atoms with van der Waals surface area (Å²) < 4.78 is 55.1. The zero-order valence-corrected chi connectivity index (χ0v) is 21.5. The third-order valence-corrected chi connectivity index (χ3v) is 6.71. The molecule has 0 unspecified atom stereocenters. The Balaban J connectivity index is 1.05. The monoisotopic (exact) mass is 576 g/mol. The van der Waals surface area contributed by atoms with E-state index >= 15 is 0 Å². The van der Waals surface area contributed by atoms with Crippen LogP contribution in [0, 0.1) is 0 Å². The van der Waals surface area contributed by atoms with Gasteiger partial charge < -0.3 is 34.6 Å². The summed E-state index contributed by atoms with van der Waals surface area (Å²) >= 11 is 0. The van der Waals surface area contributed by atoms with Gasteiger partial charge in [0.2, 0.25) is 5.88 Å². The number of amides is 1. The maximum Gasteiger partial charge on any atom is 0.434 e. The van der Waals surface area contributed by atoms with Crippen LogP contribution < -0.4 is 10.1 Å². The highest BCUT2D eigenvalue weighted by molar-refractivity contribution is 5.69. The summed E-state index contributed by atoms with van der Waals surface area (Å²) in [4.78, 5) is 20.8. The predicted molar refractivity (Wildman–Crippen MR) is 135 cm³/mol. The fourth-order valence-corrected chi connectivity index (χ4v) is 4.34. The second kappa shape index (κ2) is 12.2. The summed E-state index contributed by atoms with van der Waals surface area (Å²) in [5.74, 6) is -0.0502. The summed E-state index contributed by atoms with van der Waals surface area (Å²) in [5, 5.41) is 31.8. The van der Waals surface area contributed by atoms with Gasteiger partial charge in [0.05, 0.1) is 30.7 Å². The number of alkyl halides is 3. The second-order valence-corrected chi connectivity index (χ2v) is 9.64. The predicted octanol–water partition coefficient (Wildman–Crippen LogP) is 2.00. The van der Waals surface area contributed by atoms with Crippen molar-refractivity contribution in [3.8, 4) is 5.88 Å². The molecule has 2 saturated heterocycles. The molecule has 3 aromatic rings. The van der Waals surface area contributed by atoms with Crippen LogP contribution in [0.3, 0.4) is 0 Å². The van der Waals surface area contributed by atoms with Gasteiger partial charge in [0, 0.05) is 25.1 Å². The number of aliphatic hydroxyl groups excluding tert-OH is 2. The first-order valence-electron chi connectivity index (χ1n) is 12.7. The van der Waals surface area contributed by atoms with Crippen LogP contribution in [0.4, 0.5) is 23.8 Å². The molecule has 3 N–H and O–H groups in total. The lowest BCUT2D eigenvalue weighted by Gasteiger charge is -2.38. The van der Waals surface area contributed by atoms with Crippen LogP contribution in [0.25, 0.3) is 0 Å². The lowest BCUT2D eigenvalue weighted by Crippen LogP contribution is -2.57. The fraction of sp³-hybridized carbons (Fsp3) is 0.423. The van der Waals surface area contributed by atoms with Crippen molar-refractivity contribution in [2.75, 3.05) is 31.6 Å². The summed E-state index contributed by atoms with van der Waals surface area (Å²) in [6, 6.07) is 11.8. The van der Waals surface area contributed by atoms with Crippen LogP contribution in [-0.4, -0.2) is 92.0 Å². The molecule has 2 aliphatic rings. The average molecular weight is 577 g/mol. The first-order valence-corrected chi connectivity index (χ1v) is 12.7. The van der Waals surface area contributed by atoms with E-state index in [4.69, 9.17) is 14.2 Å². The molecule has 218 valence electrons. The van der Waals surface area contributed by atoms with Gasteiger partial charge in [-0.1, -0.05) is 30.3 Å². The van der Waals surface area contributed by atoms with Gasteiger partial charge in [-0.15, -0.1) is 5.10 Å². The van der Waals surface area contributed by atoms with Crippen LogP contribution >= 0.6 is 0 Å². The molecule has 0 saturated carbocycles. The average Bonchev–Trinajstić information content (AvgIpc) is 2.94. The number of likely N-dealkylation sites (tertiary alicyclic amines) is 1. The third kappa shape index (κ3) is 6.99. The van der Waals surface area contributed by atoms with Gasteiger partial charge >= 0.3 is 12.3 Å². The van der Waals surface area contributed by atoms with Crippen LogP contribution in [0.1, 0.15) is 22.9 Å². The van der Waals surface area contributed by atoms with Gasteiger partial charge in [0.1, 0.15) is 37.3 Å². The smallest absolute Gasteiger partial charge is 0.434 e. The number of aromatic nitrogens is 4. The Morgan fingerprint density at radius 3 is 2.56 bits per heavy atom. The Morgan fingerprint density at radius 2 is 1.85 bits per heavy atom. The highest BCUT2D eigenvalue weighted by Crippen LogP contribution is 2.29. The molecule has 2 fully saturated rings. The molecule has 0 radical (unpaired) electrons.